The minimum atomic E-state index is -0.343. The highest BCUT2D eigenvalue weighted by Crippen LogP contribution is 2.29. The molecule has 2 aliphatic rings. The van der Waals surface area contributed by atoms with Crippen LogP contribution in [0.2, 0.25) is 0 Å². The molecule has 0 bridgehead atoms. The molecule has 1 N–H and O–H groups in total. The van der Waals surface area contributed by atoms with Gasteiger partial charge in [-0.15, -0.1) is 0 Å². The fraction of sp³-hybridized carbons (Fsp3) is 0.500. The molecule has 2 aliphatic heterocycles. The number of benzene rings is 1. The fourth-order valence-corrected chi connectivity index (χ4v) is 3.08. The lowest BCUT2D eigenvalue weighted by Crippen LogP contribution is -2.39. The molecule has 18 heavy (non-hydrogen) atoms. The Morgan fingerprint density at radius 3 is 3.11 bits per heavy atom. The monoisotopic (exact) mass is 248 g/mol. The number of carbonyl (C=O) groups excluding carboxylic acids is 1. The highest BCUT2D eigenvalue weighted by molar-refractivity contribution is 5.96. The lowest BCUT2D eigenvalue weighted by molar-refractivity contribution is 0.0736. The van der Waals surface area contributed by atoms with Crippen LogP contribution in [0.4, 0.5) is 4.39 Å². The van der Waals surface area contributed by atoms with Crippen molar-refractivity contribution in [2.75, 3.05) is 19.6 Å². The molecule has 96 valence electrons. The van der Waals surface area contributed by atoms with E-state index in [0.29, 0.717) is 17.5 Å². The smallest absolute Gasteiger partial charge is 0.254 e. The predicted molar refractivity (Wildman–Crippen MR) is 66.9 cm³/mol. The Morgan fingerprint density at radius 1 is 1.44 bits per heavy atom. The Balaban J connectivity index is 1.88. The summed E-state index contributed by atoms with van der Waals surface area (Å²) < 4.78 is 13.3. The maximum absolute atomic E-state index is 13.3. The van der Waals surface area contributed by atoms with Crippen molar-refractivity contribution in [3.8, 4) is 0 Å². The Morgan fingerprint density at radius 2 is 2.28 bits per heavy atom. The van der Waals surface area contributed by atoms with Crippen molar-refractivity contribution in [1.29, 1.82) is 0 Å². The third-order valence-electron chi connectivity index (χ3n) is 4.14. The number of rotatable bonds is 1. The van der Waals surface area contributed by atoms with Gasteiger partial charge in [-0.3, -0.25) is 4.79 Å². The second-order valence-corrected chi connectivity index (χ2v) is 5.23. The van der Waals surface area contributed by atoms with Gasteiger partial charge in [-0.25, -0.2) is 4.39 Å². The summed E-state index contributed by atoms with van der Waals surface area (Å²) in [4.78, 5) is 14.4. The lowest BCUT2D eigenvalue weighted by atomic mass is 10.0. The molecule has 1 aromatic rings. The molecule has 2 fully saturated rings. The van der Waals surface area contributed by atoms with Gasteiger partial charge in [0.1, 0.15) is 5.82 Å². The van der Waals surface area contributed by atoms with Crippen LogP contribution in [0, 0.1) is 18.7 Å². The summed E-state index contributed by atoms with van der Waals surface area (Å²) in [6.45, 7) is 4.51. The maximum atomic E-state index is 13.3. The molecule has 1 amide bonds. The third kappa shape index (κ3) is 1.81. The molecular formula is C14H17FN2O. The third-order valence-corrected chi connectivity index (χ3v) is 4.14. The molecule has 3 nitrogen and oxygen atoms in total. The molecule has 1 aromatic carbocycles. The van der Waals surface area contributed by atoms with Gasteiger partial charge in [0, 0.05) is 31.2 Å². The van der Waals surface area contributed by atoms with Crippen LogP contribution in [-0.2, 0) is 0 Å². The van der Waals surface area contributed by atoms with Crippen molar-refractivity contribution in [1.82, 2.24) is 10.2 Å². The summed E-state index contributed by atoms with van der Waals surface area (Å²) in [7, 11) is 0. The fourth-order valence-electron chi connectivity index (χ4n) is 3.08. The van der Waals surface area contributed by atoms with Gasteiger partial charge in [-0.2, -0.15) is 0 Å². The maximum Gasteiger partial charge on any atom is 0.254 e. The van der Waals surface area contributed by atoms with Gasteiger partial charge in [0.05, 0.1) is 0 Å². The molecular weight excluding hydrogens is 231 g/mol. The molecule has 3 rings (SSSR count). The van der Waals surface area contributed by atoms with Crippen LogP contribution in [0.1, 0.15) is 22.3 Å². The van der Waals surface area contributed by atoms with Gasteiger partial charge in [0.15, 0.2) is 0 Å². The van der Waals surface area contributed by atoms with E-state index in [1.165, 1.54) is 12.1 Å². The summed E-state index contributed by atoms with van der Waals surface area (Å²) in [6, 6.07) is 4.71. The first-order valence-corrected chi connectivity index (χ1v) is 6.44. The number of nitrogens with one attached hydrogen (secondary N) is 1. The van der Waals surface area contributed by atoms with E-state index in [1.807, 2.05) is 11.8 Å². The summed E-state index contributed by atoms with van der Waals surface area (Å²) >= 11 is 0. The summed E-state index contributed by atoms with van der Waals surface area (Å²) in [5, 5.41) is 3.32. The number of fused-ring (bicyclic) bond motifs is 1. The minimum absolute atomic E-state index is 0.0248. The van der Waals surface area contributed by atoms with Gasteiger partial charge in [0.2, 0.25) is 0 Å². The molecule has 4 heteroatoms. The molecule has 2 atom stereocenters. The Bertz CT molecular complexity index is 489. The Kier molecular flexibility index (Phi) is 2.82. The Hall–Kier alpha value is -1.42. The molecule has 2 saturated heterocycles. The SMILES string of the molecule is Cc1ccc(F)cc1C(=O)N1CC[C@H]2CNC[C@H]21. The highest BCUT2D eigenvalue weighted by Gasteiger charge is 2.40. The summed E-state index contributed by atoms with van der Waals surface area (Å²) in [6.07, 6.45) is 1.05. The van der Waals surface area contributed by atoms with Crippen molar-refractivity contribution < 1.29 is 9.18 Å². The zero-order chi connectivity index (χ0) is 12.7. The summed E-state index contributed by atoms with van der Waals surface area (Å²) in [5.74, 6) is 0.204. The number of aryl methyl sites for hydroxylation is 1. The number of carbonyl (C=O) groups is 1. The lowest BCUT2D eigenvalue weighted by Gasteiger charge is -2.24. The van der Waals surface area contributed by atoms with E-state index in [9.17, 15) is 9.18 Å². The van der Waals surface area contributed by atoms with E-state index in [4.69, 9.17) is 0 Å². The molecule has 0 saturated carbocycles. The average molecular weight is 248 g/mol. The number of nitrogens with zero attached hydrogens (tertiary/aromatic N) is 1. The van der Waals surface area contributed by atoms with E-state index in [1.54, 1.807) is 6.07 Å². The van der Waals surface area contributed by atoms with Crippen molar-refractivity contribution in [3.05, 3.63) is 35.1 Å². The van der Waals surface area contributed by atoms with Crippen molar-refractivity contribution >= 4 is 5.91 Å². The van der Waals surface area contributed by atoms with Gasteiger partial charge < -0.3 is 10.2 Å². The second-order valence-electron chi connectivity index (χ2n) is 5.23. The van der Waals surface area contributed by atoms with Crippen LogP contribution in [0.15, 0.2) is 18.2 Å². The quantitative estimate of drug-likeness (QED) is 0.818. The van der Waals surface area contributed by atoms with E-state index < -0.39 is 0 Å². The molecule has 0 spiro atoms. The van der Waals surface area contributed by atoms with Crippen LogP contribution in [-0.4, -0.2) is 36.5 Å². The van der Waals surface area contributed by atoms with Gasteiger partial charge in [0.25, 0.3) is 5.91 Å². The number of likely N-dealkylation sites (tertiary alicyclic amines) is 1. The second kappa shape index (κ2) is 4.35. The van der Waals surface area contributed by atoms with Crippen LogP contribution in [0.3, 0.4) is 0 Å². The van der Waals surface area contributed by atoms with E-state index in [0.717, 1.165) is 31.6 Å². The van der Waals surface area contributed by atoms with Crippen molar-refractivity contribution in [2.24, 2.45) is 5.92 Å². The van der Waals surface area contributed by atoms with E-state index >= 15 is 0 Å². The van der Waals surface area contributed by atoms with Gasteiger partial charge in [-0.05, 0) is 37.0 Å². The van der Waals surface area contributed by atoms with Crippen molar-refractivity contribution in [3.63, 3.8) is 0 Å². The van der Waals surface area contributed by atoms with Gasteiger partial charge >= 0.3 is 0 Å². The van der Waals surface area contributed by atoms with Crippen LogP contribution < -0.4 is 5.32 Å². The normalized spacial score (nSPS) is 26.4. The van der Waals surface area contributed by atoms with Gasteiger partial charge in [-0.1, -0.05) is 6.07 Å². The average Bonchev–Trinajstić information content (AvgIpc) is 2.93. The first kappa shape index (κ1) is 11.7. The Labute approximate surface area is 106 Å². The zero-order valence-corrected chi connectivity index (χ0v) is 10.4. The van der Waals surface area contributed by atoms with Crippen LogP contribution in [0.5, 0.6) is 0 Å². The standard InChI is InChI=1S/C14H17FN2O/c1-9-2-3-11(15)6-12(9)14(18)17-5-4-10-7-16-8-13(10)17/h2-3,6,10,13,16H,4-5,7-8H2,1H3/t10-,13+/m0/s1. The number of hydrogen-bond donors (Lipinski definition) is 1. The highest BCUT2D eigenvalue weighted by atomic mass is 19.1. The number of hydrogen-bond acceptors (Lipinski definition) is 2. The topological polar surface area (TPSA) is 32.3 Å². The van der Waals surface area contributed by atoms with E-state index in [2.05, 4.69) is 5.32 Å². The van der Waals surface area contributed by atoms with Crippen molar-refractivity contribution in [2.45, 2.75) is 19.4 Å². The molecule has 0 aliphatic carbocycles. The van der Waals surface area contributed by atoms with Crippen LogP contribution >= 0.6 is 0 Å². The van der Waals surface area contributed by atoms with E-state index in [-0.39, 0.29) is 11.7 Å². The minimum Gasteiger partial charge on any atom is -0.334 e. The molecule has 0 aromatic heterocycles. The first-order valence-electron chi connectivity index (χ1n) is 6.44. The molecule has 0 unspecified atom stereocenters. The molecule has 0 radical (unpaired) electrons. The molecule has 2 heterocycles. The summed E-state index contributed by atoms with van der Waals surface area (Å²) in [5.41, 5.74) is 1.35. The number of halogens is 1. The number of amides is 1. The first-order chi connectivity index (χ1) is 8.66. The predicted octanol–water partition coefficient (Wildman–Crippen LogP) is 1.57. The zero-order valence-electron chi connectivity index (χ0n) is 10.4. The van der Waals surface area contributed by atoms with Crippen LogP contribution in [0.25, 0.3) is 0 Å². The largest absolute Gasteiger partial charge is 0.334 e.